The molecule has 0 radical (unpaired) electrons. The Bertz CT molecular complexity index is 721. The van der Waals surface area contributed by atoms with Crippen LogP contribution in [0.2, 0.25) is 5.02 Å². The molecular formula is C16H22ClFN2O3S. The second kappa shape index (κ2) is 6.21. The molecule has 134 valence electrons. The molecule has 8 heteroatoms. The summed E-state index contributed by atoms with van der Waals surface area (Å²) in [6.07, 6.45) is 0.945. The van der Waals surface area contributed by atoms with E-state index in [0.717, 1.165) is 10.7 Å². The Morgan fingerprint density at radius 3 is 2.83 bits per heavy atom. The van der Waals surface area contributed by atoms with Crippen molar-refractivity contribution in [3.63, 3.8) is 0 Å². The lowest BCUT2D eigenvalue weighted by atomic mass is 9.58. The number of halogens is 2. The van der Waals surface area contributed by atoms with Gasteiger partial charge in [0.05, 0.1) is 6.10 Å². The third-order valence-electron chi connectivity index (χ3n) is 5.23. The predicted molar refractivity (Wildman–Crippen MR) is 90.3 cm³/mol. The number of fused-ring (bicyclic) bond motifs is 1. The van der Waals surface area contributed by atoms with Crippen molar-refractivity contribution in [2.75, 3.05) is 13.7 Å². The Labute approximate surface area is 147 Å². The van der Waals surface area contributed by atoms with Crippen molar-refractivity contribution in [1.82, 2.24) is 9.03 Å². The minimum absolute atomic E-state index is 0.0940. The second-order valence-electron chi connectivity index (χ2n) is 7.12. The third-order valence-corrected chi connectivity index (χ3v) is 7.08. The van der Waals surface area contributed by atoms with Crippen LogP contribution in [0.4, 0.5) is 4.39 Å². The molecule has 3 rings (SSSR count). The summed E-state index contributed by atoms with van der Waals surface area (Å²) in [6.45, 7) is 4.54. The van der Waals surface area contributed by atoms with Crippen LogP contribution in [0.25, 0.3) is 0 Å². The molecule has 1 aromatic rings. The van der Waals surface area contributed by atoms with Crippen molar-refractivity contribution in [2.24, 2.45) is 11.3 Å². The molecule has 3 atom stereocenters. The van der Waals surface area contributed by atoms with E-state index in [4.69, 9.17) is 16.3 Å². The molecule has 0 bridgehead atoms. The summed E-state index contributed by atoms with van der Waals surface area (Å²) in [6, 6.07) is 4.12. The highest BCUT2D eigenvalue weighted by Gasteiger charge is 2.60. The van der Waals surface area contributed by atoms with Crippen LogP contribution >= 0.6 is 11.6 Å². The fourth-order valence-electron chi connectivity index (χ4n) is 3.80. The highest BCUT2D eigenvalue weighted by Crippen LogP contribution is 2.52. The standard InChI is InChI=1S/C16H22ClFN2O3S/c1-16(2)14(10-7-8-23-15(10)16)19-24(21,22)20(3)9-11-12(17)5-4-6-13(11)18/h4-6,10,14-15,19H,7-9H2,1-3H3/t10-,14+,15+/m0/s1. The Morgan fingerprint density at radius 2 is 2.17 bits per heavy atom. The molecule has 24 heavy (non-hydrogen) atoms. The molecule has 2 aliphatic rings. The first-order valence-corrected chi connectivity index (χ1v) is 9.74. The van der Waals surface area contributed by atoms with Crippen molar-refractivity contribution < 1.29 is 17.5 Å². The number of ether oxygens (including phenoxy) is 1. The molecule has 1 aliphatic carbocycles. The van der Waals surface area contributed by atoms with E-state index in [1.54, 1.807) is 6.07 Å². The van der Waals surface area contributed by atoms with Gasteiger partial charge < -0.3 is 4.74 Å². The van der Waals surface area contributed by atoms with Gasteiger partial charge in [0, 0.05) is 48.2 Å². The van der Waals surface area contributed by atoms with Crippen molar-refractivity contribution in [3.05, 3.63) is 34.6 Å². The van der Waals surface area contributed by atoms with E-state index in [1.807, 2.05) is 13.8 Å². The van der Waals surface area contributed by atoms with Gasteiger partial charge in [-0.3, -0.25) is 0 Å². The number of benzene rings is 1. The largest absolute Gasteiger partial charge is 0.377 e. The van der Waals surface area contributed by atoms with E-state index in [2.05, 4.69) is 4.72 Å². The van der Waals surface area contributed by atoms with Gasteiger partial charge >= 0.3 is 0 Å². The molecule has 1 N–H and O–H groups in total. The molecule has 0 spiro atoms. The van der Waals surface area contributed by atoms with E-state index in [0.29, 0.717) is 6.61 Å². The summed E-state index contributed by atoms with van der Waals surface area (Å²) in [5.74, 6) is -0.321. The van der Waals surface area contributed by atoms with Gasteiger partial charge in [-0.2, -0.15) is 17.4 Å². The molecular weight excluding hydrogens is 355 g/mol. The summed E-state index contributed by atoms with van der Waals surface area (Å²) < 4.78 is 48.7. The van der Waals surface area contributed by atoms with Crippen LogP contribution in [0.3, 0.4) is 0 Å². The highest BCUT2D eigenvalue weighted by atomic mass is 35.5. The zero-order chi connectivity index (χ0) is 17.7. The van der Waals surface area contributed by atoms with Crippen LogP contribution in [-0.4, -0.2) is 38.5 Å². The van der Waals surface area contributed by atoms with Gasteiger partial charge in [0.1, 0.15) is 5.82 Å². The fourth-order valence-corrected chi connectivity index (χ4v) is 5.31. The monoisotopic (exact) mass is 376 g/mol. The normalized spacial score (nSPS) is 28.7. The molecule has 0 amide bonds. The third kappa shape index (κ3) is 2.97. The summed E-state index contributed by atoms with van der Waals surface area (Å²) in [5.41, 5.74) is -0.0907. The fraction of sp³-hybridized carbons (Fsp3) is 0.625. The van der Waals surface area contributed by atoms with E-state index >= 15 is 0 Å². The first kappa shape index (κ1) is 18.1. The van der Waals surface area contributed by atoms with Gasteiger partial charge in [0.25, 0.3) is 10.2 Å². The molecule has 5 nitrogen and oxygen atoms in total. The molecule has 1 saturated carbocycles. The number of nitrogens with one attached hydrogen (secondary N) is 1. The van der Waals surface area contributed by atoms with Crippen LogP contribution < -0.4 is 4.72 Å². The molecule has 1 heterocycles. The van der Waals surface area contributed by atoms with Crippen LogP contribution in [0.1, 0.15) is 25.8 Å². The van der Waals surface area contributed by atoms with Crippen molar-refractivity contribution >= 4 is 21.8 Å². The van der Waals surface area contributed by atoms with Crippen molar-refractivity contribution in [1.29, 1.82) is 0 Å². The Kier molecular flexibility index (Phi) is 4.68. The number of hydrogen-bond acceptors (Lipinski definition) is 3. The van der Waals surface area contributed by atoms with Gasteiger partial charge in [-0.25, -0.2) is 4.39 Å². The average Bonchev–Trinajstić information content (AvgIpc) is 2.96. The number of hydrogen-bond donors (Lipinski definition) is 1. The van der Waals surface area contributed by atoms with E-state index in [-0.39, 0.29) is 40.6 Å². The first-order valence-electron chi connectivity index (χ1n) is 7.92. The average molecular weight is 377 g/mol. The Balaban J connectivity index is 1.74. The van der Waals surface area contributed by atoms with Crippen molar-refractivity contribution in [2.45, 2.75) is 39.0 Å². The smallest absolute Gasteiger partial charge is 0.279 e. The highest BCUT2D eigenvalue weighted by molar-refractivity contribution is 7.87. The SMILES string of the molecule is CN(Cc1c(F)cccc1Cl)S(=O)(=O)N[C@@H]1[C@@H]2CCO[C@H]2C1(C)C. The van der Waals surface area contributed by atoms with Crippen LogP contribution in [0, 0.1) is 17.2 Å². The van der Waals surface area contributed by atoms with E-state index < -0.39 is 16.0 Å². The maximum absolute atomic E-state index is 13.9. The number of nitrogens with zero attached hydrogens (tertiary/aromatic N) is 1. The zero-order valence-electron chi connectivity index (χ0n) is 13.9. The maximum atomic E-state index is 13.9. The quantitative estimate of drug-likeness (QED) is 0.859. The molecule has 1 saturated heterocycles. The second-order valence-corrected chi connectivity index (χ2v) is 9.34. The van der Waals surface area contributed by atoms with Crippen LogP contribution in [-0.2, 0) is 21.5 Å². The summed E-state index contributed by atoms with van der Waals surface area (Å²) in [4.78, 5) is 0. The van der Waals surface area contributed by atoms with E-state index in [1.165, 1.54) is 19.2 Å². The lowest BCUT2D eigenvalue weighted by Gasteiger charge is -2.54. The Hall–Kier alpha value is -0.730. The molecule has 0 aromatic heterocycles. The summed E-state index contributed by atoms with van der Waals surface area (Å²) in [7, 11) is -2.34. The lowest BCUT2D eigenvalue weighted by molar-refractivity contribution is -0.105. The van der Waals surface area contributed by atoms with E-state index in [9.17, 15) is 12.8 Å². The van der Waals surface area contributed by atoms with Crippen LogP contribution in [0.15, 0.2) is 18.2 Å². The molecule has 0 unspecified atom stereocenters. The minimum Gasteiger partial charge on any atom is -0.377 e. The van der Waals surface area contributed by atoms with Gasteiger partial charge in [-0.05, 0) is 18.6 Å². The predicted octanol–water partition coefficient (Wildman–Crippen LogP) is 2.56. The zero-order valence-corrected chi connectivity index (χ0v) is 15.5. The van der Waals surface area contributed by atoms with Gasteiger partial charge in [0.15, 0.2) is 0 Å². The lowest BCUT2D eigenvalue weighted by Crippen LogP contribution is -2.67. The molecule has 1 aromatic carbocycles. The molecule has 2 fully saturated rings. The topological polar surface area (TPSA) is 58.6 Å². The van der Waals surface area contributed by atoms with Gasteiger partial charge in [-0.15, -0.1) is 0 Å². The molecule has 1 aliphatic heterocycles. The van der Waals surface area contributed by atoms with Gasteiger partial charge in [-0.1, -0.05) is 31.5 Å². The number of rotatable bonds is 5. The Morgan fingerprint density at radius 1 is 1.46 bits per heavy atom. The minimum atomic E-state index is -3.76. The maximum Gasteiger partial charge on any atom is 0.279 e. The summed E-state index contributed by atoms with van der Waals surface area (Å²) >= 11 is 5.99. The van der Waals surface area contributed by atoms with Crippen LogP contribution in [0.5, 0.6) is 0 Å². The van der Waals surface area contributed by atoms with Gasteiger partial charge in [0.2, 0.25) is 0 Å². The van der Waals surface area contributed by atoms with Crippen molar-refractivity contribution in [3.8, 4) is 0 Å². The summed E-state index contributed by atoms with van der Waals surface area (Å²) in [5, 5.41) is 0.213. The first-order chi connectivity index (χ1) is 11.1.